The third-order valence-electron chi connectivity index (χ3n) is 2.86. The summed E-state index contributed by atoms with van der Waals surface area (Å²) < 4.78 is 11.8. The first-order chi connectivity index (χ1) is 10.2. The third-order valence-corrected chi connectivity index (χ3v) is 3.45. The lowest BCUT2D eigenvalue weighted by Crippen LogP contribution is -2.14. The average molecular weight is 353 g/mol. The number of benzene rings is 1. The molecule has 0 aliphatic carbocycles. The molecule has 1 rings (SSSR count). The monoisotopic (exact) mass is 352 g/mol. The van der Waals surface area contributed by atoms with Gasteiger partial charge >= 0.3 is 0 Å². The highest BCUT2D eigenvalue weighted by molar-refractivity contribution is 9.10. The highest BCUT2D eigenvalue weighted by atomic mass is 79.9. The fraction of sp³-hybridized carbons (Fsp3) is 0.438. The van der Waals surface area contributed by atoms with E-state index in [0.29, 0.717) is 24.5 Å². The molecule has 0 aliphatic rings. The van der Waals surface area contributed by atoms with E-state index in [1.54, 1.807) is 13.2 Å². The van der Waals surface area contributed by atoms with Crippen LogP contribution in [0.4, 0.5) is 0 Å². The molecule has 0 amide bonds. The predicted molar refractivity (Wildman–Crippen MR) is 87.6 cm³/mol. The van der Waals surface area contributed by atoms with Crippen molar-refractivity contribution in [3.63, 3.8) is 0 Å². The Morgan fingerprint density at radius 2 is 2.24 bits per heavy atom. The van der Waals surface area contributed by atoms with Crippen molar-refractivity contribution >= 4 is 15.9 Å². The first-order valence-corrected chi connectivity index (χ1v) is 7.70. The predicted octanol–water partition coefficient (Wildman–Crippen LogP) is 3.81. The van der Waals surface area contributed by atoms with Gasteiger partial charge < -0.3 is 14.8 Å². The normalized spacial score (nSPS) is 9.95. The van der Waals surface area contributed by atoms with Crippen molar-refractivity contribution in [1.82, 2.24) is 5.32 Å². The van der Waals surface area contributed by atoms with Gasteiger partial charge in [0.1, 0.15) is 6.61 Å². The smallest absolute Gasteiger partial charge is 0.175 e. The number of nitrogens with zero attached hydrogens (tertiary/aromatic N) is 1. The highest BCUT2D eigenvalue weighted by Gasteiger charge is 2.11. The molecule has 5 heteroatoms. The molecule has 0 atom stereocenters. The van der Waals surface area contributed by atoms with Gasteiger partial charge in [-0.25, -0.2) is 0 Å². The molecule has 0 saturated carbocycles. The lowest BCUT2D eigenvalue weighted by Gasteiger charge is -2.14. The molecule has 0 aliphatic heterocycles. The molecule has 1 aromatic rings. The van der Waals surface area contributed by atoms with Crippen LogP contribution in [0.25, 0.3) is 0 Å². The van der Waals surface area contributed by atoms with Crippen LogP contribution in [0.3, 0.4) is 0 Å². The largest absolute Gasteiger partial charge is 0.493 e. The van der Waals surface area contributed by atoms with E-state index in [1.165, 1.54) is 0 Å². The molecule has 0 fully saturated rings. The Labute approximate surface area is 134 Å². The van der Waals surface area contributed by atoms with Gasteiger partial charge in [-0.05, 0) is 53.0 Å². The molecule has 0 bridgehead atoms. The summed E-state index contributed by atoms with van der Waals surface area (Å²) in [6.45, 7) is 5.73. The Morgan fingerprint density at radius 3 is 2.90 bits per heavy atom. The van der Waals surface area contributed by atoms with Crippen molar-refractivity contribution in [1.29, 1.82) is 5.26 Å². The number of unbranched alkanes of at least 4 members (excludes halogenated alkanes) is 2. The van der Waals surface area contributed by atoms with Gasteiger partial charge in [-0.2, -0.15) is 5.26 Å². The molecule has 1 N–H and O–H groups in total. The summed E-state index contributed by atoms with van der Waals surface area (Å²) >= 11 is 3.51. The quantitative estimate of drug-likeness (QED) is 0.513. The summed E-state index contributed by atoms with van der Waals surface area (Å²) in [5.41, 5.74) is 1.12. The van der Waals surface area contributed by atoms with Gasteiger partial charge in [0.25, 0.3) is 0 Å². The van der Waals surface area contributed by atoms with Gasteiger partial charge in [0, 0.05) is 13.0 Å². The van der Waals surface area contributed by atoms with Crippen LogP contribution in [0.2, 0.25) is 0 Å². The summed E-state index contributed by atoms with van der Waals surface area (Å²) in [7, 11) is 1.63. The number of hydrogen-bond acceptors (Lipinski definition) is 4. The number of nitriles is 1. The number of methoxy groups -OCH3 is 1. The Balaban J connectivity index is 2.57. The van der Waals surface area contributed by atoms with Crippen LogP contribution < -0.4 is 14.8 Å². The van der Waals surface area contributed by atoms with E-state index in [1.807, 2.05) is 12.1 Å². The molecule has 0 saturated heterocycles. The topological polar surface area (TPSA) is 54.3 Å². The Kier molecular flexibility index (Phi) is 8.56. The molecular formula is C16H21BrN2O2. The Bertz CT molecular complexity index is 498. The summed E-state index contributed by atoms with van der Waals surface area (Å²) in [5, 5.41) is 11.8. The van der Waals surface area contributed by atoms with Crippen molar-refractivity contribution in [3.05, 3.63) is 34.8 Å². The first kappa shape index (κ1) is 17.5. The number of halogens is 1. The van der Waals surface area contributed by atoms with Crippen molar-refractivity contribution in [2.75, 3.05) is 20.3 Å². The van der Waals surface area contributed by atoms with E-state index in [0.717, 1.165) is 36.0 Å². The summed E-state index contributed by atoms with van der Waals surface area (Å²) in [5.74, 6) is 1.39. The summed E-state index contributed by atoms with van der Waals surface area (Å²) in [4.78, 5) is 0. The van der Waals surface area contributed by atoms with Gasteiger partial charge in [0.15, 0.2) is 11.5 Å². The Morgan fingerprint density at radius 1 is 1.43 bits per heavy atom. The van der Waals surface area contributed by atoms with Crippen molar-refractivity contribution in [3.8, 4) is 17.6 Å². The van der Waals surface area contributed by atoms with Crippen LogP contribution >= 0.6 is 15.9 Å². The molecule has 1 aromatic carbocycles. The van der Waals surface area contributed by atoms with E-state index in [4.69, 9.17) is 14.7 Å². The maximum absolute atomic E-state index is 8.47. The summed E-state index contributed by atoms with van der Waals surface area (Å²) in [6, 6.07) is 6.13. The number of hydrogen-bond donors (Lipinski definition) is 1. The second kappa shape index (κ2) is 10.3. The minimum absolute atomic E-state index is 0.436. The maximum Gasteiger partial charge on any atom is 0.175 e. The zero-order valence-electron chi connectivity index (χ0n) is 12.3. The van der Waals surface area contributed by atoms with E-state index in [-0.39, 0.29) is 0 Å². The molecule has 0 radical (unpaired) electrons. The van der Waals surface area contributed by atoms with E-state index < -0.39 is 0 Å². The second-order valence-electron chi connectivity index (χ2n) is 4.50. The van der Waals surface area contributed by atoms with Gasteiger partial charge in [0.05, 0.1) is 17.7 Å². The second-order valence-corrected chi connectivity index (χ2v) is 5.36. The van der Waals surface area contributed by atoms with Crippen LogP contribution in [-0.2, 0) is 6.54 Å². The first-order valence-electron chi connectivity index (χ1n) is 6.90. The SMILES string of the molecule is C=CCOc1c(Br)cc(CNCCCCC#N)cc1OC. The molecule has 0 spiro atoms. The molecule has 114 valence electrons. The van der Waals surface area contributed by atoms with Gasteiger partial charge in [-0.15, -0.1) is 0 Å². The van der Waals surface area contributed by atoms with Gasteiger partial charge in [-0.1, -0.05) is 12.7 Å². The van der Waals surface area contributed by atoms with E-state index in [2.05, 4.69) is 33.9 Å². The van der Waals surface area contributed by atoms with Crippen LogP contribution in [0.1, 0.15) is 24.8 Å². The molecule has 21 heavy (non-hydrogen) atoms. The standard InChI is InChI=1S/C16H21BrN2O2/c1-3-9-21-16-14(17)10-13(11-15(16)20-2)12-19-8-6-4-5-7-18/h3,10-11,19H,1,4-6,8-9,12H2,2H3. The molecule has 4 nitrogen and oxygen atoms in total. The van der Waals surface area contributed by atoms with Crippen LogP contribution in [0.5, 0.6) is 11.5 Å². The fourth-order valence-corrected chi connectivity index (χ4v) is 2.45. The lowest BCUT2D eigenvalue weighted by molar-refractivity contribution is 0.324. The van der Waals surface area contributed by atoms with Crippen LogP contribution in [0, 0.1) is 11.3 Å². The summed E-state index contributed by atoms with van der Waals surface area (Å²) in [6.07, 6.45) is 4.26. The lowest BCUT2D eigenvalue weighted by atomic mass is 10.2. The zero-order chi connectivity index (χ0) is 15.5. The van der Waals surface area contributed by atoms with Crippen LogP contribution in [-0.4, -0.2) is 20.3 Å². The van der Waals surface area contributed by atoms with Crippen molar-refractivity contribution < 1.29 is 9.47 Å². The van der Waals surface area contributed by atoms with Crippen molar-refractivity contribution in [2.45, 2.75) is 25.8 Å². The number of nitrogens with one attached hydrogen (secondary N) is 1. The zero-order valence-corrected chi connectivity index (χ0v) is 13.9. The van der Waals surface area contributed by atoms with Crippen molar-refractivity contribution in [2.24, 2.45) is 0 Å². The number of rotatable bonds is 10. The van der Waals surface area contributed by atoms with Gasteiger partial charge in [-0.3, -0.25) is 0 Å². The molecule has 0 unspecified atom stereocenters. The maximum atomic E-state index is 8.47. The minimum atomic E-state index is 0.436. The van der Waals surface area contributed by atoms with E-state index >= 15 is 0 Å². The molecular weight excluding hydrogens is 332 g/mol. The average Bonchev–Trinajstić information content (AvgIpc) is 2.49. The van der Waals surface area contributed by atoms with Gasteiger partial charge in [0.2, 0.25) is 0 Å². The number of ether oxygens (including phenoxy) is 2. The van der Waals surface area contributed by atoms with E-state index in [9.17, 15) is 0 Å². The molecule has 0 aromatic heterocycles. The fourth-order valence-electron chi connectivity index (χ4n) is 1.84. The highest BCUT2D eigenvalue weighted by Crippen LogP contribution is 2.36. The third kappa shape index (κ3) is 6.19. The Hall–Kier alpha value is -1.51. The minimum Gasteiger partial charge on any atom is -0.493 e. The molecule has 0 heterocycles. The van der Waals surface area contributed by atoms with Crippen LogP contribution in [0.15, 0.2) is 29.3 Å².